The second kappa shape index (κ2) is 9.39. The molecule has 1 aliphatic carbocycles. The third kappa shape index (κ3) is 5.26. The number of nitrogens with zero attached hydrogens (tertiary/aromatic N) is 3. The second-order valence-electron chi connectivity index (χ2n) is 9.29. The van der Waals surface area contributed by atoms with Crippen LogP contribution in [0.5, 0.6) is 0 Å². The highest BCUT2D eigenvalue weighted by Gasteiger charge is 2.37. The van der Waals surface area contributed by atoms with Gasteiger partial charge in [0.15, 0.2) is 0 Å². The predicted octanol–water partition coefficient (Wildman–Crippen LogP) is 2.03. The van der Waals surface area contributed by atoms with Gasteiger partial charge in [0, 0.05) is 56.8 Å². The van der Waals surface area contributed by atoms with Gasteiger partial charge in [0.25, 0.3) is 0 Å². The summed E-state index contributed by atoms with van der Waals surface area (Å²) >= 11 is 0. The zero-order valence-electron chi connectivity index (χ0n) is 18.7. The van der Waals surface area contributed by atoms with Crippen molar-refractivity contribution in [3.63, 3.8) is 0 Å². The maximum Gasteiger partial charge on any atom is 0.238 e. The number of piperidine rings is 1. The molecule has 1 aromatic carbocycles. The molecule has 0 aromatic heterocycles. The van der Waals surface area contributed by atoms with Crippen LogP contribution in [0.3, 0.4) is 0 Å². The van der Waals surface area contributed by atoms with E-state index >= 15 is 0 Å². The highest BCUT2D eigenvalue weighted by Crippen LogP contribution is 2.32. The summed E-state index contributed by atoms with van der Waals surface area (Å²) in [5.41, 5.74) is 3.02. The second-order valence-corrected chi connectivity index (χ2v) is 9.29. The largest absolute Gasteiger partial charge is 0.342 e. The van der Waals surface area contributed by atoms with Gasteiger partial charge in [-0.15, -0.1) is 0 Å². The Balaban J connectivity index is 1.20. The number of carbonyl (C=O) groups excluding carboxylic acids is 3. The van der Waals surface area contributed by atoms with Crippen molar-refractivity contribution in [1.29, 1.82) is 0 Å². The molecule has 168 valence electrons. The molecule has 2 heterocycles. The number of nitrogens with one attached hydrogen (secondary N) is 1. The van der Waals surface area contributed by atoms with Crippen molar-refractivity contribution >= 4 is 23.4 Å². The molecule has 7 heteroatoms. The Morgan fingerprint density at radius 3 is 1.87 bits per heavy atom. The molecule has 0 bridgehead atoms. The Labute approximate surface area is 184 Å². The van der Waals surface area contributed by atoms with E-state index in [9.17, 15) is 14.4 Å². The Morgan fingerprint density at radius 2 is 1.32 bits per heavy atom. The molecule has 2 aliphatic heterocycles. The fourth-order valence-electron chi connectivity index (χ4n) is 4.71. The van der Waals surface area contributed by atoms with Gasteiger partial charge in [0.05, 0.1) is 6.54 Å². The average Bonchev–Trinajstić information content (AvgIpc) is 3.62. The van der Waals surface area contributed by atoms with Gasteiger partial charge in [-0.3, -0.25) is 19.3 Å². The average molecular weight is 427 g/mol. The summed E-state index contributed by atoms with van der Waals surface area (Å²) in [6.45, 7) is 8.52. The van der Waals surface area contributed by atoms with Gasteiger partial charge in [0.2, 0.25) is 17.7 Å². The summed E-state index contributed by atoms with van der Waals surface area (Å²) in [6.07, 6.45) is 3.61. The minimum Gasteiger partial charge on any atom is -0.342 e. The lowest BCUT2D eigenvalue weighted by molar-refractivity contribution is -0.142. The molecule has 4 rings (SSSR count). The molecule has 0 atom stereocenters. The molecule has 2 saturated heterocycles. The first-order valence-electron chi connectivity index (χ1n) is 11.6. The Hall–Kier alpha value is -2.41. The van der Waals surface area contributed by atoms with Crippen LogP contribution in [0, 0.1) is 25.7 Å². The molecule has 1 N–H and O–H groups in total. The Kier molecular flexibility index (Phi) is 6.60. The summed E-state index contributed by atoms with van der Waals surface area (Å²) in [5.74, 6) is 0.788. The minimum atomic E-state index is -0.00937. The van der Waals surface area contributed by atoms with Gasteiger partial charge >= 0.3 is 0 Å². The summed E-state index contributed by atoms with van der Waals surface area (Å²) in [5, 5.41) is 3.04. The molecule has 1 aromatic rings. The van der Waals surface area contributed by atoms with Crippen LogP contribution < -0.4 is 5.32 Å². The molecule has 0 spiro atoms. The molecule has 31 heavy (non-hydrogen) atoms. The van der Waals surface area contributed by atoms with E-state index in [1.165, 1.54) is 0 Å². The van der Waals surface area contributed by atoms with Gasteiger partial charge in [0.1, 0.15) is 0 Å². The molecule has 3 fully saturated rings. The minimum absolute atomic E-state index is 0.00937. The van der Waals surface area contributed by atoms with Crippen LogP contribution in [-0.4, -0.2) is 78.2 Å². The molecular formula is C24H34N4O3. The van der Waals surface area contributed by atoms with E-state index in [1.54, 1.807) is 0 Å². The molecule has 3 amide bonds. The lowest BCUT2D eigenvalue weighted by Gasteiger charge is -2.38. The van der Waals surface area contributed by atoms with E-state index in [0.717, 1.165) is 42.5 Å². The number of amides is 3. The van der Waals surface area contributed by atoms with E-state index in [1.807, 2.05) is 41.8 Å². The third-order valence-corrected chi connectivity index (χ3v) is 6.88. The number of para-hydroxylation sites is 1. The summed E-state index contributed by atoms with van der Waals surface area (Å²) in [6, 6.07) is 5.99. The van der Waals surface area contributed by atoms with Crippen molar-refractivity contribution in [2.75, 3.05) is 51.1 Å². The lowest BCUT2D eigenvalue weighted by Crippen LogP contribution is -2.53. The van der Waals surface area contributed by atoms with Gasteiger partial charge in [-0.2, -0.15) is 0 Å². The number of hydrogen-bond donors (Lipinski definition) is 1. The van der Waals surface area contributed by atoms with E-state index < -0.39 is 0 Å². The third-order valence-electron chi connectivity index (χ3n) is 6.88. The number of aryl methyl sites for hydroxylation is 2. The SMILES string of the molecule is Cc1cccc(C)c1NC(=O)CN1CCN(C(=O)C2CCN(C(=O)C3CC3)CC2)CC1. The zero-order chi connectivity index (χ0) is 22.0. The van der Waals surface area contributed by atoms with Crippen LogP contribution in [0.15, 0.2) is 18.2 Å². The van der Waals surface area contributed by atoms with Crippen LogP contribution in [0.2, 0.25) is 0 Å². The van der Waals surface area contributed by atoms with Crippen molar-refractivity contribution in [3.05, 3.63) is 29.3 Å². The van der Waals surface area contributed by atoms with Crippen molar-refractivity contribution in [3.8, 4) is 0 Å². The van der Waals surface area contributed by atoms with Crippen LogP contribution in [0.1, 0.15) is 36.8 Å². The van der Waals surface area contributed by atoms with E-state index in [0.29, 0.717) is 51.7 Å². The van der Waals surface area contributed by atoms with Crippen molar-refractivity contribution in [1.82, 2.24) is 14.7 Å². The maximum absolute atomic E-state index is 12.9. The Bertz CT molecular complexity index is 815. The smallest absolute Gasteiger partial charge is 0.238 e. The van der Waals surface area contributed by atoms with Gasteiger partial charge in [-0.05, 0) is 50.7 Å². The summed E-state index contributed by atoms with van der Waals surface area (Å²) in [4.78, 5) is 43.7. The predicted molar refractivity (Wildman–Crippen MR) is 120 cm³/mol. The molecule has 3 aliphatic rings. The monoisotopic (exact) mass is 426 g/mol. The van der Waals surface area contributed by atoms with Crippen LogP contribution >= 0.6 is 0 Å². The highest BCUT2D eigenvalue weighted by molar-refractivity contribution is 5.93. The van der Waals surface area contributed by atoms with Gasteiger partial charge in [-0.25, -0.2) is 0 Å². The summed E-state index contributed by atoms with van der Waals surface area (Å²) < 4.78 is 0. The van der Waals surface area contributed by atoms with Gasteiger partial charge in [-0.1, -0.05) is 18.2 Å². The first-order chi connectivity index (χ1) is 14.9. The number of rotatable bonds is 5. The zero-order valence-corrected chi connectivity index (χ0v) is 18.7. The number of hydrogen-bond acceptors (Lipinski definition) is 4. The number of anilines is 1. The normalized spacial score (nSPS) is 20.6. The van der Waals surface area contributed by atoms with Crippen LogP contribution in [0.4, 0.5) is 5.69 Å². The first-order valence-corrected chi connectivity index (χ1v) is 11.6. The van der Waals surface area contributed by atoms with E-state index in [4.69, 9.17) is 0 Å². The summed E-state index contributed by atoms with van der Waals surface area (Å²) in [7, 11) is 0. The van der Waals surface area contributed by atoms with E-state index in [-0.39, 0.29) is 23.7 Å². The quantitative estimate of drug-likeness (QED) is 0.782. The molecule has 0 radical (unpaired) electrons. The molecular weight excluding hydrogens is 392 g/mol. The van der Waals surface area contributed by atoms with Crippen LogP contribution in [0.25, 0.3) is 0 Å². The van der Waals surface area contributed by atoms with Gasteiger partial charge < -0.3 is 15.1 Å². The maximum atomic E-state index is 12.9. The molecule has 1 saturated carbocycles. The number of likely N-dealkylation sites (tertiary alicyclic amines) is 1. The fourth-order valence-corrected chi connectivity index (χ4v) is 4.71. The number of carbonyl (C=O) groups is 3. The molecule has 7 nitrogen and oxygen atoms in total. The standard InChI is InChI=1S/C24H34N4O3/c1-17-4-3-5-18(2)22(17)25-21(29)16-26-12-14-28(15-13-26)24(31)20-8-10-27(11-9-20)23(30)19-6-7-19/h3-5,19-20H,6-16H2,1-2H3,(H,25,29). The Morgan fingerprint density at radius 1 is 0.806 bits per heavy atom. The van der Waals surface area contributed by atoms with Crippen molar-refractivity contribution in [2.24, 2.45) is 11.8 Å². The number of piperazine rings is 1. The first kappa shape index (κ1) is 21.8. The van der Waals surface area contributed by atoms with Crippen molar-refractivity contribution < 1.29 is 14.4 Å². The van der Waals surface area contributed by atoms with Crippen molar-refractivity contribution in [2.45, 2.75) is 39.5 Å². The van der Waals surface area contributed by atoms with E-state index in [2.05, 4.69) is 10.2 Å². The molecule has 0 unspecified atom stereocenters. The highest BCUT2D eigenvalue weighted by atomic mass is 16.2. The van der Waals surface area contributed by atoms with Crippen LogP contribution in [-0.2, 0) is 14.4 Å². The number of benzene rings is 1. The lowest BCUT2D eigenvalue weighted by atomic mass is 9.94. The topological polar surface area (TPSA) is 73.0 Å². The fraction of sp³-hybridized carbons (Fsp3) is 0.625.